The number of carbonyl (C=O) groups excluding carboxylic acids is 1. The van der Waals surface area contributed by atoms with E-state index in [1.165, 1.54) is 19.3 Å². The molecule has 0 heterocycles. The molecule has 0 aliphatic heterocycles. The minimum absolute atomic E-state index is 0.127. The van der Waals surface area contributed by atoms with Gasteiger partial charge in [-0.1, -0.05) is 13.8 Å². The third-order valence-corrected chi connectivity index (χ3v) is 6.19. The Balaban J connectivity index is 1.68. The molecular weight excluding hydrogens is 266 g/mol. The van der Waals surface area contributed by atoms with Gasteiger partial charge in [-0.15, -0.1) is 0 Å². The molecule has 0 spiro atoms. The van der Waals surface area contributed by atoms with Gasteiger partial charge in [0.15, 0.2) is 0 Å². The quantitative estimate of drug-likeness (QED) is 0.819. The first-order chi connectivity index (χ1) is 9.86. The second-order valence-electron chi connectivity index (χ2n) is 8.21. The minimum Gasteiger partial charge on any atom is -0.481 e. The lowest BCUT2D eigenvalue weighted by atomic mass is 9.44. The van der Waals surface area contributed by atoms with E-state index in [2.05, 4.69) is 12.2 Å². The van der Waals surface area contributed by atoms with Crippen LogP contribution in [0, 0.1) is 28.6 Å². The predicted molar refractivity (Wildman–Crippen MR) is 79.6 cm³/mol. The number of amides is 1. The Bertz CT molecular complexity index is 445. The number of carboxylic acids is 1. The van der Waals surface area contributed by atoms with E-state index in [9.17, 15) is 9.59 Å². The fourth-order valence-electron chi connectivity index (χ4n) is 5.80. The van der Waals surface area contributed by atoms with Gasteiger partial charge in [-0.05, 0) is 62.2 Å². The Labute approximate surface area is 126 Å². The van der Waals surface area contributed by atoms with E-state index in [4.69, 9.17) is 5.11 Å². The van der Waals surface area contributed by atoms with Crippen molar-refractivity contribution in [3.05, 3.63) is 0 Å². The van der Waals surface area contributed by atoms with Crippen LogP contribution >= 0.6 is 0 Å². The van der Waals surface area contributed by atoms with Crippen LogP contribution in [0.4, 0.5) is 0 Å². The molecule has 21 heavy (non-hydrogen) atoms. The average Bonchev–Trinajstić information content (AvgIpc) is 2.35. The third kappa shape index (κ3) is 2.58. The maximum absolute atomic E-state index is 12.8. The highest BCUT2D eigenvalue weighted by Gasteiger charge is 2.58. The normalized spacial score (nSPS) is 41.8. The number of carboxylic acid groups (broad SMARTS) is 1. The van der Waals surface area contributed by atoms with Gasteiger partial charge < -0.3 is 10.4 Å². The van der Waals surface area contributed by atoms with Gasteiger partial charge in [-0.25, -0.2) is 0 Å². The van der Waals surface area contributed by atoms with Crippen LogP contribution in [0.1, 0.15) is 58.8 Å². The summed E-state index contributed by atoms with van der Waals surface area (Å²) < 4.78 is 0. The Morgan fingerprint density at radius 1 is 1.24 bits per heavy atom. The van der Waals surface area contributed by atoms with E-state index in [1.54, 1.807) is 0 Å². The molecule has 4 saturated carbocycles. The van der Waals surface area contributed by atoms with Crippen molar-refractivity contribution in [3.63, 3.8) is 0 Å². The molecule has 1 amide bonds. The molecule has 0 radical (unpaired) electrons. The van der Waals surface area contributed by atoms with Crippen LogP contribution in [0.5, 0.6) is 0 Å². The Hall–Kier alpha value is -1.06. The first-order valence-electron chi connectivity index (χ1n) is 8.37. The summed E-state index contributed by atoms with van der Waals surface area (Å²) in [5.41, 5.74) is 0.147. The molecule has 0 aromatic carbocycles. The highest BCUT2D eigenvalue weighted by molar-refractivity contribution is 5.84. The summed E-state index contributed by atoms with van der Waals surface area (Å²) in [6.45, 7) is 4.48. The molecule has 4 aliphatic carbocycles. The van der Waals surface area contributed by atoms with E-state index in [0.29, 0.717) is 23.7 Å². The van der Waals surface area contributed by atoms with Crippen molar-refractivity contribution >= 4 is 11.9 Å². The summed E-state index contributed by atoms with van der Waals surface area (Å²) in [5.74, 6) is 0.281. The number of aliphatic carboxylic acids is 1. The maximum atomic E-state index is 12.8. The summed E-state index contributed by atoms with van der Waals surface area (Å²) in [4.78, 5) is 23.9. The van der Waals surface area contributed by atoms with Crippen molar-refractivity contribution in [1.29, 1.82) is 0 Å². The molecule has 4 heteroatoms. The van der Waals surface area contributed by atoms with Gasteiger partial charge in [-0.3, -0.25) is 9.59 Å². The summed E-state index contributed by atoms with van der Waals surface area (Å²) in [6, 6.07) is 0. The molecule has 0 saturated heterocycles. The summed E-state index contributed by atoms with van der Waals surface area (Å²) in [5, 5.41) is 12.1. The molecule has 0 aromatic heterocycles. The van der Waals surface area contributed by atoms with E-state index in [-0.39, 0.29) is 17.9 Å². The molecule has 4 aliphatic rings. The van der Waals surface area contributed by atoms with Gasteiger partial charge in [0.25, 0.3) is 0 Å². The number of hydrogen-bond acceptors (Lipinski definition) is 2. The van der Waals surface area contributed by atoms with Crippen molar-refractivity contribution in [1.82, 2.24) is 5.32 Å². The molecular formula is C17H27NO3. The number of rotatable bonds is 5. The highest BCUT2D eigenvalue weighted by atomic mass is 16.4. The first kappa shape index (κ1) is 14.9. The topological polar surface area (TPSA) is 66.4 Å². The first-order valence-corrected chi connectivity index (χ1v) is 8.37. The second-order valence-corrected chi connectivity index (χ2v) is 8.21. The monoisotopic (exact) mass is 293 g/mol. The van der Waals surface area contributed by atoms with Crippen LogP contribution in [-0.4, -0.2) is 23.5 Å². The summed E-state index contributed by atoms with van der Waals surface area (Å²) in [7, 11) is 0. The fraction of sp³-hybridized carbons (Fsp3) is 0.882. The molecule has 3 atom stereocenters. The van der Waals surface area contributed by atoms with Crippen molar-refractivity contribution in [2.75, 3.05) is 6.54 Å². The largest absolute Gasteiger partial charge is 0.481 e. The standard InChI is InChI=1S/C17H27NO3/c1-3-13(14(19)20)9-18-15(21)17-7-11-4-12(8-17)6-16(2,5-11)10-17/h11-13H,3-10H2,1-2H3,(H,18,21)(H,19,20). The smallest absolute Gasteiger partial charge is 0.308 e. The van der Waals surface area contributed by atoms with Crippen LogP contribution in [0.25, 0.3) is 0 Å². The van der Waals surface area contributed by atoms with Crippen molar-refractivity contribution in [2.24, 2.45) is 28.6 Å². The van der Waals surface area contributed by atoms with E-state index in [0.717, 1.165) is 19.3 Å². The van der Waals surface area contributed by atoms with Crippen LogP contribution in [0.2, 0.25) is 0 Å². The van der Waals surface area contributed by atoms with Gasteiger partial charge in [0.1, 0.15) is 0 Å². The maximum Gasteiger partial charge on any atom is 0.308 e. The minimum atomic E-state index is -0.810. The number of nitrogens with one attached hydrogen (secondary N) is 1. The molecule has 0 aromatic rings. The predicted octanol–water partition coefficient (Wildman–Crippen LogP) is 2.82. The zero-order chi connectivity index (χ0) is 15.3. The van der Waals surface area contributed by atoms with Crippen molar-refractivity contribution in [2.45, 2.75) is 58.8 Å². The number of hydrogen-bond donors (Lipinski definition) is 2. The zero-order valence-electron chi connectivity index (χ0n) is 13.2. The van der Waals surface area contributed by atoms with E-state index < -0.39 is 11.9 Å². The lowest BCUT2D eigenvalue weighted by Crippen LogP contribution is -2.57. The van der Waals surface area contributed by atoms with Gasteiger partial charge in [0.05, 0.1) is 11.3 Å². The highest BCUT2D eigenvalue weighted by Crippen LogP contribution is 2.65. The molecule has 4 nitrogen and oxygen atoms in total. The third-order valence-electron chi connectivity index (χ3n) is 6.19. The van der Waals surface area contributed by atoms with Gasteiger partial charge >= 0.3 is 5.97 Å². The lowest BCUT2D eigenvalue weighted by molar-refractivity contribution is -0.155. The zero-order valence-corrected chi connectivity index (χ0v) is 13.2. The second kappa shape index (κ2) is 4.99. The van der Waals surface area contributed by atoms with Crippen LogP contribution in [0.15, 0.2) is 0 Å². The fourth-order valence-corrected chi connectivity index (χ4v) is 5.80. The lowest BCUT2D eigenvalue weighted by Gasteiger charge is -2.60. The van der Waals surface area contributed by atoms with Gasteiger partial charge in [-0.2, -0.15) is 0 Å². The van der Waals surface area contributed by atoms with E-state index in [1.807, 2.05) is 6.92 Å². The molecule has 4 rings (SSSR count). The summed E-state index contributed by atoms with van der Waals surface area (Å²) in [6.07, 6.45) is 7.48. The van der Waals surface area contributed by atoms with Crippen molar-refractivity contribution in [3.8, 4) is 0 Å². The van der Waals surface area contributed by atoms with E-state index >= 15 is 0 Å². The molecule has 2 N–H and O–H groups in total. The van der Waals surface area contributed by atoms with Crippen LogP contribution in [-0.2, 0) is 9.59 Å². The van der Waals surface area contributed by atoms with Gasteiger partial charge in [0, 0.05) is 6.54 Å². The number of carbonyl (C=O) groups is 2. The molecule has 3 unspecified atom stereocenters. The van der Waals surface area contributed by atoms with Gasteiger partial charge in [0.2, 0.25) is 5.91 Å². The average molecular weight is 293 g/mol. The van der Waals surface area contributed by atoms with Crippen molar-refractivity contribution < 1.29 is 14.7 Å². The SMILES string of the molecule is CCC(CNC(=O)C12CC3CC(CC(C)(C3)C1)C2)C(=O)O. The molecule has 4 bridgehead atoms. The summed E-state index contributed by atoms with van der Waals surface area (Å²) >= 11 is 0. The van der Waals surface area contributed by atoms with Crippen LogP contribution < -0.4 is 5.32 Å². The molecule has 118 valence electrons. The Morgan fingerprint density at radius 2 is 1.86 bits per heavy atom. The Morgan fingerprint density at radius 3 is 2.33 bits per heavy atom. The Kier molecular flexibility index (Phi) is 3.53. The van der Waals surface area contributed by atoms with Crippen LogP contribution in [0.3, 0.4) is 0 Å². The molecule has 4 fully saturated rings.